The molecular formula is C17H14BrFO2. The molecule has 0 aliphatic carbocycles. The van der Waals surface area contributed by atoms with Crippen molar-refractivity contribution in [1.29, 1.82) is 0 Å². The maximum atomic E-state index is 13.5. The highest BCUT2D eigenvalue weighted by Gasteiger charge is 2.25. The SMILES string of the molecule is O=C(CC1CCOc2ccccc21)c1cccc(F)c1Br. The first-order valence-electron chi connectivity index (χ1n) is 6.85. The quantitative estimate of drug-likeness (QED) is 0.749. The third-order valence-corrected chi connectivity index (χ3v) is 4.57. The van der Waals surface area contributed by atoms with E-state index in [4.69, 9.17) is 4.74 Å². The highest BCUT2D eigenvalue weighted by molar-refractivity contribution is 9.10. The molecule has 0 fully saturated rings. The lowest BCUT2D eigenvalue weighted by atomic mass is 9.87. The fraction of sp³-hybridized carbons (Fsp3) is 0.235. The molecule has 0 saturated carbocycles. The molecule has 0 spiro atoms. The van der Waals surface area contributed by atoms with Crippen LogP contribution in [0.25, 0.3) is 0 Å². The molecule has 0 N–H and O–H groups in total. The number of Topliss-reactive ketones (excluding diaryl/α,β-unsaturated/α-hetero) is 1. The average Bonchev–Trinajstić information content (AvgIpc) is 2.50. The van der Waals surface area contributed by atoms with Gasteiger partial charge in [0.05, 0.1) is 11.1 Å². The van der Waals surface area contributed by atoms with Crippen LogP contribution in [0.15, 0.2) is 46.9 Å². The van der Waals surface area contributed by atoms with Crippen LogP contribution in [0.1, 0.15) is 34.7 Å². The number of hydrogen-bond donors (Lipinski definition) is 0. The van der Waals surface area contributed by atoms with Crippen LogP contribution in [0.2, 0.25) is 0 Å². The van der Waals surface area contributed by atoms with Gasteiger partial charge >= 0.3 is 0 Å². The van der Waals surface area contributed by atoms with E-state index in [1.165, 1.54) is 6.07 Å². The van der Waals surface area contributed by atoms with Gasteiger partial charge in [0.15, 0.2) is 5.78 Å². The van der Waals surface area contributed by atoms with Crippen LogP contribution in [0.5, 0.6) is 5.75 Å². The highest BCUT2D eigenvalue weighted by atomic mass is 79.9. The minimum atomic E-state index is -0.409. The fourth-order valence-electron chi connectivity index (χ4n) is 2.68. The zero-order chi connectivity index (χ0) is 14.8. The first kappa shape index (κ1) is 14.3. The predicted molar refractivity (Wildman–Crippen MR) is 82.3 cm³/mol. The van der Waals surface area contributed by atoms with Crippen molar-refractivity contribution in [3.05, 3.63) is 63.9 Å². The van der Waals surface area contributed by atoms with Gasteiger partial charge in [0.1, 0.15) is 11.6 Å². The van der Waals surface area contributed by atoms with E-state index >= 15 is 0 Å². The third kappa shape index (κ3) is 2.86. The van der Waals surface area contributed by atoms with E-state index in [2.05, 4.69) is 15.9 Å². The van der Waals surface area contributed by atoms with Crippen molar-refractivity contribution < 1.29 is 13.9 Å². The molecule has 1 aliphatic heterocycles. The molecule has 0 radical (unpaired) electrons. The lowest BCUT2D eigenvalue weighted by molar-refractivity contribution is 0.0964. The summed E-state index contributed by atoms with van der Waals surface area (Å²) in [5.74, 6) is 0.508. The Morgan fingerprint density at radius 1 is 1.24 bits per heavy atom. The van der Waals surface area contributed by atoms with E-state index in [9.17, 15) is 9.18 Å². The van der Waals surface area contributed by atoms with Gasteiger partial charge in [-0.2, -0.15) is 0 Å². The molecule has 4 heteroatoms. The molecule has 1 heterocycles. The van der Waals surface area contributed by atoms with E-state index < -0.39 is 5.82 Å². The largest absolute Gasteiger partial charge is 0.493 e. The van der Waals surface area contributed by atoms with Crippen molar-refractivity contribution >= 4 is 21.7 Å². The van der Waals surface area contributed by atoms with Crippen LogP contribution in [-0.4, -0.2) is 12.4 Å². The number of hydrogen-bond acceptors (Lipinski definition) is 2. The van der Waals surface area contributed by atoms with Crippen LogP contribution in [0, 0.1) is 5.82 Å². The molecule has 2 aromatic carbocycles. The number of halogens is 2. The summed E-state index contributed by atoms with van der Waals surface area (Å²) in [5.41, 5.74) is 1.46. The monoisotopic (exact) mass is 348 g/mol. The summed E-state index contributed by atoms with van der Waals surface area (Å²) in [5, 5.41) is 0. The van der Waals surface area contributed by atoms with Gasteiger partial charge in [-0.15, -0.1) is 0 Å². The van der Waals surface area contributed by atoms with Gasteiger partial charge in [-0.3, -0.25) is 4.79 Å². The van der Waals surface area contributed by atoms with E-state index in [1.54, 1.807) is 12.1 Å². The normalized spacial score (nSPS) is 17.0. The summed E-state index contributed by atoms with van der Waals surface area (Å²) in [6.07, 6.45) is 1.16. The maximum absolute atomic E-state index is 13.5. The van der Waals surface area contributed by atoms with E-state index in [1.807, 2.05) is 24.3 Å². The Morgan fingerprint density at radius 2 is 2.05 bits per heavy atom. The van der Waals surface area contributed by atoms with Gasteiger partial charge in [-0.05, 0) is 46.0 Å². The van der Waals surface area contributed by atoms with Crippen LogP contribution in [0.4, 0.5) is 4.39 Å². The molecule has 0 saturated heterocycles. The Morgan fingerprint density at radius 3 is 2.90 bits per heavy atom. The van der Waals surface area contributed by atoms with Gasteiger partial charge in [0.2, 0.25) is 0 Å². The Hall–Kier alpha value is -1.68. The first-order valence-corrected chi connectivity index (χ1v) is 7.65. The topological polar surface area (TPSA) is 26.3 Å². The number of ketones is 1. The molecule has 1 aliphatic rings. The molecule has 0 amide bonds. The lowest BCUT2D eigenvalue weighted by Crippen LogP contribution is -2.17. The van der Waals surface area contributed by atoms with Gasteiger partial charge in [0.25, 0.3) is 0 Å². The Kier molecular flexibility index (Phi) is 4.06. The van der Waals surface area contributed by atoms with Gasteiger partial charge in [-0.1, -0.05) is 30.3 Å². The first-order chi connectivity index (χ1) is 10.2. The van der Waals surface area contributed by atoms with Gasteiger partial charge in [0, 0.05) is 12.0 Å². The van der Waals surface area contributed by atoms with Crippen molar-refractivity contribution in [1.82, 2.24) is 0 Å². The van der Waals surface area contributed by atoms with Crippen molar-refractivity contribution in [2.24, 2.45) is 0 Å². The Labute approximate surface area is 131 Å². The lowest BCUT2D eigenvalue weighted by Gasteiger charge is -2.25. The second kappa shape index (κ2) is 5.98. The summed E-state index contributed by atoms with van der Waals surface area (Å²) in [6, 6.07) is 12.3. The van der Waals surface area contributed by atoms with Crippen molar-refractivity contribution in [2.75, 3.05) is 6.61 Å². The maximum Gasteiger partial charge on any atom is 0.164 e. The van der Waals surface area contributed by atoms with Crippen molar-refractivity contribution in [3.8, 4) is 5.75 Å². The summed E-state index contributed by atoms with van der Waals surface area (Å²) >= 11 is 3.16. The van der Waals surface area contributed by atoms with Crippen LogP contribution in [-0.2, 0) is 0 Å². The minimum Gasteiger partial charge on any atom is -0.493 e. The van der Waals surface area contributed by atoms with Crippen LogP contribution >= 0.6 is 15.9 Å². The fourth-order valence-corrected chi connectivity index (χ4v) is 3.17. The number of ether oxygens (including phenoxy) is 1. The minimum absolute atomic E-state index is 0.0527. The molecular weight excluding hydrogens is 335 g/mol. The number of carbonyl (C=O) groups is 1. The van der Waals surface area contributed by atoms with E-state index in [0.29, 0.717) is 18.6 Å². The molecule has 1 atom stereocenters. The molecule has 2 aromatic rings. The second-order valence-electron chi connectivity index (χ2n) is 5.10. The van der Waals surface area contributed by atoms with Crippen molar-refractivity contribution in [2.45, 2.75) is 18.8 Å². The number of benzene rings is 2. The van der Waals surface area contributed by atoms with Crippen LogP contribution in [0.3, 0.4) is 0 Å². The molecule has 1 unspecified atom stereocenters. The zero-order valence-corrected chi connectivity index (χ0v) is 12.9. The molecule has 108 valence electrons. The smallest absolute Gasteiger partial charge is 0.164 e. The summed E-state index contributed by atoms with van der Waals surface area (Å²) in [6.45, 7) is 0.610. The van der Waals surface area contributed by atoms with Crippen LogP contribution < -0.4 is 4.74 Å². The molecule has 2 nitrogen and oxygen atoms in total. The molecule has 21 heavy (non-hydrogen) atoms. The number of fused-ring (bicyclic) bond motifs is 1. The standard InChI is InChI=1S/C17H14BrFO2/c18-17-13(5-3-6-14(17)19)15(20)10-11-8-9-21-16-7-2-1-4-12(11)16/h1-7,11H,8-10H2. The summed E-state index contributed by atoms with van der Waals surface area (Å²) in [4.78, 5) is 12.5. The highest BCUT2D eigenvalue weighted by Crippen LogP contribution is 2.36. The number of para-hydroxylation sites is 1. The average molecular weight is 349 g/mol. The summed E-state index contributed by atoms with van der Waals surface area (Å²) < 4.78 is 19.4. The summed E-state index contributed by atoms with van der Waals surface area (Å²) in [7, 11) is 0. The Bertz CT molecular complexity index is 684. The molecule has 3 rings (SSSR count). The number of rotatable bonds is 3. The molecule has 0 bridgehead atoms. The molecule has 0 aromatic heterocycles. The third-order valence-electron chi connectivity index (χ3n) is 3.77. The van der Waals surface area contributed by atoms with Gasteiger partial charge in [-0.25, -0.2) is 4.39 Å². The number of carbonyl (C=O) groups excluding carboxylic acids is 1. The zero-order valence-electron chi connectivity index (χ0n) is 11.3. The predicted octanol–water partition coefficient (Wildman–Crippen LogP) is 4.73. The second-order valence-corrected chi connectivity index (χ2v) is 5.89. The Balaban J connectivity index is 1.85. The van der Waals surface area contributed by atoms with Gasteiger partial charge < -0.3 is 4.74 Å². The van der Waals surface area contributed by atoms with Crippen molar-refractivity contribution in [3.63, 3.8) is 0 Å². The van der Waals surface area contributed by atoms with E-state index in [0.717, 1.165) is 17.7 Å². The van der Waals surface area contributed by atoms with E-state index in [-0.39, 0.29) is 16.2 Å².